The summed E-state index contributed by atoms with van der Waals surface area (Å²) in [5.41, 5.74) is 6.60. The third-order valence-electron chi connectivity index (χ3n) is 6.63. The van der Waals surface area contributed by atoms with Gasteiger partial charge in [-0.1, -0.05) is 36.4 Å². The maximum absolute atomic E-state index is 12.3. The quantitative estimate of drug-likeness (QED) is 0.708. The van der Waals surface area contributed by atoms with Crippen LogP contribution >= 0.6 is 11.8 Å². The summed E-state index contributed by atoms with van der Waals surface area (Å²) in [6.45, 7) is 12.3. The molecule has 0 radical (unpaired) electrons. The monoisotopic (exact) mass is 382 g/mol. The van der Waals surface area contributed by atoms with Crippen LogP contribution < -0.4 is 5.46 Å². The van der Waals surface area contributed by atoms with Crippen LogP contribution in [-0.2, 0) is 14.1 Å². The number of allylic oxidation sites excluding steroid dienone is 2. The first-order valence-corrected chi connectivity index (χ1v) is 10.6. The average Bonchev–Trinajstić information content (AvgIpc) is 3.05. The zero-order chi connectivity index (χ0) is 19.6. The largest absolute Gasteiger partial charge is 0.495 e. The highest BCUT2D eigenvalue weighted by molar-refractivity contribution is 8.11. The number of benzene rings is 1. The molecule has 2 heterocycles. The van der Waals surface area contributed by atoms with Gasteiger partial charge >= 0.3 is 7.12 Å². The van der Waals surface area contributed by atoms with Gasteiger partial charge in [0.2, 0.25) is 0 Å². The number of thioether (sulfide) groups is 1. The Morgan fingerprint density at radius 3 is 2.44 bits per heavy atom. The lowest BCUT2D eigenvalue weighted by Crippen LogP contribution is -2.38. The van der Waals surface area contributed by atoms with Crippen molar-refractivity contribution >= 4 is 35.0 Å². The molecule has 5 heteroatoms. The van der Waals surface area contributed by atoms with Crippen LogP contribution in [-0.4, -0.2) is 24.1 Å². The molecule has 142 valence electrons. The van der Waals surface area contributed by atoms with Gasteiger partial charge in [0, 0.05) is 16.9 Å². The first-order chi connectivity index (χ1) is 12.7. The lowest BCUT2D eigenvalue weighted by Gasteiger charge is -2.22. The summed E-state index contributed by atoms with van der Waals surface area (Å²) in [6.07, 6.45) is 2.71. The van der Waals surface area contributed by atoms with Crippen molar-refractivity contribution < 1.29 is 14.1 Å². The van der Waals surface area contributed by atoms with Crippen LogP contribution in [0.4, 0.5) is 0 Å². The molecule has 2 fully saturated rings. The number of rotatable bonds is 4. The van der Waals surface area contributed by atoms with Crippen molar-refractivity contribution in [1.82, 2.24) is 0 Å². The van der Waals surface area contributed by atoms with Crippen molar-refractivity contribution in [2.75, 3.05) is 0 Å². The van der Waals surface area contributed by atoms with Crippen LogP contribution in [0.15, 0.2) is 28.7 Å². The fourth-order valence-corrected chi connectivity index (χ4v) is 5.42. The molecule has 4 rings (SSSR count). The van der Waals surface area contributed by atoms with Gasteiger partial charge < -0.3 is 9.31 Å². The highest BCUT2D eigenvalue weighted by atomic mass is 32.2. The second-order valence-electron chi connectivity index (χ2n) is 8.45. The van der Waals surface area contributed by atoms with Crippen LogP contribution in [0.3, 0.4) is 0 Å². The molecule has 1 aromatic rings. The zero-order valence-corrected chi connectivity index (χ0v) is 17.9. The average molecular weight is 382 g/mol. The van der Waals surface area contributed by atoms with E-state index in [9.17, 15) is 4.79 Å². The van der Waals surface area contributed by atoms with Crippen molar-refractivity contribution in [2.45, 2.75) is 72.0 Å². The van der Waals surface area contributed by atoms with Gasteiger partial charge in [0.05, 0.1) is 11.2 Å². The van der Waals surface area contributed by atoms with Gasteiger partial charge in [-0.3, -0.25) is 4.79 Å². The Morgan fingerprint density at radius 1 is 1.19 bits per heavy atom. The van der Waals surface area contributed by atoms with E-state index >= 15 is 0 Å². The summed E-state index contributed by atoms with van der Waals surface area (Å²) in [7, 11) is -0.298. The maximum Gasteiger partial charge on any atom is 0.495 e. The summed E-state index contributed by atoms with van der Waals surface area (Å²) >= 11 is 1.69. The second-order valence-corrected chi connectivity index (χ2v) is 9.33. The van der Waals surface area contributed by atoms with Crippen LogP contribution in [0.25, 0.3) is 4.91 Å². The maximum atomic E-state index is 12.3. The Morgan fingerprint density at radius 2 is 1.85 bits per heavy atom. The van der Waals surface area contributed by atoms with Gasteiger partial charge in [0.15, 0.2) is 5.78 Å². The number of ketones is 1. The van der Waals surface area contributed by atoms with Gasteiger partial charge in [-0.2, -0.15) is 0 Å². The fraction of sp³-hybridized carbons (Fsp3) is 0.500. The minimum Gasteiger partial charge on any atom is -0.399 e. The van der Waals surface area contributed by atoms with E-state index in [0.29, 0.717) is 0 Å². The topological polar surface area (TPSA) is 35.5 Å². The Labute approximate surface area is 166 Å². The molecule has 0 aromatic heterocycles. The van der Waals surface area contributed by atoms with E-state index < -0.39 is 0 Å². The van der Waals surface area contributed by atoms with Gasteiger partial charge in [-0.05, 0) is 75.0 Å². The first kappa shape index (κ1) is 19.0. The first-order valence-electron chi connectivity index (χ1n) is 9.74. The predicted molar refractivity (Wildman–Crippen MR) is 113 cm³/mol. The minimum atomic E-state index is -0.298. The van der Waals surface area contributed by atoms with Gasteiger partial charge in [0.25, 0.3) is 0 Å². The third-order valence-corrected chi connectivity index (χ3v) is 7.78. The normalized spacial score (nSPS) is 29.7. The molecule has 3 aliphatic rings. The van der Waals surface area contributed by atoms with Gasteiger partial charge in [0.1, 0.15) is 0 Å². The van der Waals surface area contributed by atoms with E-state index in [4.69, 9.17) is 9.31 Å². The Bertz CT molecular complexity index is 887. The molecule has 0 spiro atoms. The van der Waals surface area contributed by atoms with Crippen LogP contribution in [0.2, 0.25) is 0 Å². The molecule has 1 aromatic carbocycles. The molecule has 27 heavy (non-hydrogen) atoms. The van der Waals surface area contributed by atoms with Crippen molar-refractivity contribution in [1.29, 1.82) is 0 Å². The highest BCUT2D eigenvalue weighted by Gasteiger charge is 2.71. The molecule has 1 aliphatic carbocycles. The molecule has 2 aliphatic heterocycles. The predicted octanol–water partition coefficient (Wildman–Crippen LogP) is 4.70. The van der Waals surface area contributed by atoms with Gasteiger partial charge in [-0.25, -0.2) is 0 Å². The Hall–Kier alpha value is -1.30. The van der Waals surface area contributed by atoms with E-state index in [1.807, 2.05) is 0 Å². The molecule has 3 nitrogen and oxygen atoms in total. The van der Waals surface area contributed by atoms with Crippen molar-refractivity contribution in [3.63, 3.8) is 0 Å². The second kappa shape index (κ2) is 6.36. The number of carbonyl (C=O) groups excluding carboxylic acids is 1. The van der Waals surface area contributed by atoms with Crippen LogP contribution in [0.5, 0.6) is 0 Å². The highest BCUT2D eigenvalue weighted by Crippen LogP contribution is 2.58. The summed E-state index contributed by atoms with van der Waals surface area (Å²) in [4.78, 5) is 13.4. The molecule has 0 bridgehead atoms. The lowest BCUT2D eigenvalue weighted by molar-refractivity contribution is -0.113. The van der Waals surface area contributed by atoms with Crippen LogP contribution in [0, 0.1) is 13.8 Å². The number of carbonyl (C=O) groups is 1. The van der Waals surface area contributed by atoms with Crippen LogP contribution in [0.1, 0.15) is 63.6 Å². The van der Waals surface area contributed by atoms with E-state index in [1.165, 1.54) is 16.7 Å². The number of fused-ring (bicyclic) bond motifs is 1. The van der Waals surface area contributed by atoms with E-state index in [0.717, 1.165) is 40.8 Å². The number of hydrogen-bond donors (Lipinski definition) is 0. The standard InChI is InChI=1S/C22H27BO3S/c1-7-16-10-18(15(4)24)20(27-11-16)17-8-9-19(14(3)13(17)2)23-25-21(5)12-22(21,6)26-23/h8-9,11H,7,10,12H2,1-6H3. The number of hydrogen-bond acceptors (Lipinski definition) is 4. The summed E-state index contributed by atoms with van der Waals surface area (Å²) in [6, 6.07) is 4.25. The molecular formula is C22H27BO3S. The van der Waals surface area contributed by atoms with E-state index in [-0.39, 0.29) is 24.1 Å². The number of Topliss-reactive ketones (excluding diaryl/α,β-unsaturated/α-hetero) is 1. The smallest absolute Gasteiger partial charge is 0.399 e. The molecular weight excluding hydrogens is 355 g/mol. The van der Waals surface area contributed by atoms with Crippen molar-refractivity contribution in [3.05, 3.63) is 45.4 Å². The van der Waals surface area contributed by atoms with E-state index in [2.05, 4.69) is 52.2 Å². The molecule has 1 saturated heterocycles. The summed E-state index contributed by atoms with van der Waals surface area (Å²) < 4.78 is 12.4. The molecule has 0 N–H and O–H groups in total. The van der Waals surface area contributed by atoms with Crippen molar-refractivity contribution in [2.24, 2.45) is 0 Å². The molecule has 1 saturated carbocycles. The SMILES string of the molecule is CCC1=CSC(c2ccc(B3OC4(C)CC4(C)O3)c(C)c2C)=C(C(C)=O)C1. The Kier molecular flexibility index (Phi) is 4.49. The molecule has 2 unspecified atom stereocenters. The molecule has 2 atom stereocenters. The molecule has 0 amide bonds. The van der Waals surface area contributed by atoms with Crippen molar-refractivity contribution in [3.8, 4) is 0 Å². The van der Waals surface area contributed by atoms with E-state index in [1.54, 1.807) is 18.7 Å². The summed E-state index contributed by atoms with van der Waals surface area (Å²) in [5.74, 6) is 0.168. The third kappa shape index (κ3) is 2.95. The lowest BCUT2D eigenvalue weighted by atomic mass is 9.74. The zero-order valence-electron chi connectivity index (χ0n) is 17.1. The van der Waals surface area contributed by atoms with Gasteiger partial charge in [-0.15, -0.1) is 0 Å². The fourth-order valence-electron chi connectivity index (χ4n) is 4.18. The Balaban J connectivity index is 1.70. The minimum absolute atomic E-state index is 0.151. The summed E-state index contributed by atoms with van der Waals surface area (Å²) in [5, 5.41) is 2.21.